The average Bonchev–Trinajstić information content (AvgIpc) is 3.27. The molecule has 1 aliphatic carbocycles. The van der Waals surface area contributed by atoms with Crippen molar-refractivity contribution in [1.29, 1.82) is 0 Å². The Morgan fingerprint density at radius 1 is 1.23 bits per heavy atom. The summed E-state index contributed by atoms with van der Waals surface area (Å²) in [6.45, 7) is 2.80. The van der Waals surface area contributed by atoms with E-state index in [0.29, 0.717) is 19.1 Å². The normalized spacial score (nSPS) is 21.5. The molecule has 0 spiro atoms. The second-order valence-electron chi connectivity index (χ2n) is 7.61. The fourth-order valence-corrected chi connectivity index (χ4v) is 3.89. The van der Waals surface area contributed by atoms with Gasteiger partial charge in [-0.1, -0.05) is 30.3 Å². The number of nitrogens with zero attached hydrogens (tertiary/aromatic N) is 3. The Balaban J connectivity index is 1.28. The van der Waals surface area contributed by atoms with Gasteiger partial charge in [-0.25, -0.2) is 0 Å². The van der Waals surface area contributed by atoms with Gasteiger partial charge in [-0.15, -0.1) is 0 Å². The highest BCUT2D eigenvalue weighted by molar-refractivity contribution is 5.85. The van der Waals surface area contributed by atoms with Crippen molar-refractivity contribution in [2.24, 2.45) is 5.41 Å². The molecule has 0 N–H and O–H groups in total. The highest BCUT2D eigenvalue weighted by Gasteiger charge is 2.52. The smallest absolute Gasteiger partial charge is 0.230 e. The number of aryl methyl sites for hydroxylation is 1. The third-order valence-corrected chi connectivity index (χ3v) is 5.59. The second-order valence-corrected chi connectivity index (χ2v) is 7.61. The van der Waals surface area contributed by atoms with E-state index in [0.717, 1.165) is 45.2 Å². The Morgan fingerprint density at radius 3 is 2.81 bits per heavy atom. The van der Waals surface area contributed by atoms with Crippen LogP contribution in [0.5, 0.6) is 0 Å². The van der Waals surface area contributed by atoms with E-state index in [-0.39, 0.29) is 11.5 Å². The fourth-order valence-electron chi connectivity index (χ4n) is 3.89. The number of hydrogen-bond acceptors (Lipinski definition) is 3. The van der Waals surface area contributed by atoms with Gasteiger partial charge in [0.1, 0.15) is 0 Å². The van der Waals surface area contributed by atoms with Crippen molar-refractivity contribution in [3.63, 3.8) is 0 Å². The summed E-state index contributed by atoms with van der Waals surface area (Å²) in [6, 6.07) is 12.5. The molecule has 5 nitrogen and oxygen atoms in total. The Bertz CT molecular complexity index is 710. The SMILES string of the molecule is O=C(N1CCOC(CCCc2ccccc2)C1)C1(Cn2cccn2)CC1. The lowest BCUT2D eigenvalue weighted by Crippen LogP contribution is -2.49. The van der Waals surface area contributed by atoms with Gasteiger partial charge in [0.25, 0.3) is 0 Å². The Morgan fingerprint density at radius 2 is 2.08 bits per heavy atom. The van der Waals surface area contributed by atoms with Gasteiger partial charge in [-0.3, -0.25) is 9.48 Å². The van der Waals surface area contributed by atoms with Crippen LogP contribution in [0.15, 0.2) is 48.8 Å². The second kappa shape index (κ2) is 7.62. The number of carbonyl (C=O) groups excluding carboxylic acids is 1. The van der Waals surface area contributed by atoms with Crippen LogP contribution in [-0.4, -0.2) is 46.4 Å². The minimum Gasteiger partial charge on any atom is -0.375 e. The number of aromatic nitrogens is 2. The molecule has 1 aromatic heterocycles. The van der Waals surface area contributed by atoms with Crippen LogP contribution in [0.2, 0.25) is 0 Å². The van der Waals surface area contributed by atoms with Crippen molar-refractivity contribution in [3.8, 4) is 0 Å². The number of carbonyl (C=O) groups is 1. The lowest BCUT2D eigenvalue weighted by molar-refractivity contribution is -0.145. The monoisotopic (exact) mass is 353 g/mol. The third-order valence-electron chi connectivity index (χ3n) is 5.59. The summed E-state index contributed by atoms with van der Waals surface area (Å²) in [7, 11) is 0. The third kappa shape index (κ3) is 3.98. The molecule has 1 atom stereocenters. The molecule has 2 aromatic rings. The van der Waals surface area contributed by atoms with Crippen LogP contribution in [0, 0.1) is 5.41 Å². The first-order chi connectivity index (χ1) is 12.8. The summed E-state index contributed by atoms with van der Waals surface area (Å²) in [6.07, 6.45) is 9.00. The standard InChI is InChI=1S/C21H27N3O2/c25-20(21(10-11-21)17-24-13-5-12-22-24)23-14-15-26-19(16-23)9-4-8-18-6-2-1-3-7-18/h1-3,5-7,12-13,19H,4,8-11,14-17H2. The maximum atomic E-state index is 13.1. The summed E-state index contributed by atoms with van der Waals surface area (Å²) >= 11 is 0. The van der Waals surface area contributed by atoms with Crippen LogP contribution in [0.1, 0.15) is 31.2 Å². The minimum absolute atomic E-state index is 0.164. The summed E-state index contributed by atoms with van der Waals surface area (Å²) in [5, 5.41) is 4.27. The van der Waals surface area contributed by atoms with E-state index in [9.17, 15) is 4.79 Å². The summed E-state index contributed by atoms with van der Waals surface area (Å²) in [4.78, 5) is 15.1. The Labute approximate surface area is 154 Å². The van der Waals surface area contributed by atoms with Crippen molar-refractivity contribution < 1.29 is 9.53 Å². The predicted octanol–water partition coefficient (Wildman–Crippen LogP) is 2.91. The zero-order valence-corrected chi connectivity index (χ0v) is 15.2. The summed E-state index contributed by atoms with van der Waals surface area (Å²) < 4.78 is 7.82. The molecule has 1 aromatic carbocycles. The molecule has 5 heteroatoms. The van der Waals surface area contributed by atoms with Crippen molar-refractivity contribution in [3.05, 3.63) is 54.4 Å². The molecule has 1 unspecified atom stereocenters. The van der Waals surface area contributed by atoms with Crippen molar-refractivity contribution in [2.75, 3.05) is 19.7 Å². The topological polar surface area (TPSA) is 47.4 Å². The average molecular weight is 353 g/mol. The molecule has 2 fully saturated rings. The Hall–Kier alpha value is -2.14. The molecular weight excluding hydrogens is 326 g/mol. The minimum atomic E-state index is -0.224. The quantitative estimate of drug-likeness (QED) is 0.769. The summed E-state index contributed by atoms with van der Waals surface area (Å²) in [5.74, 6) is 0.296. The molecule has 0 radical (unpaired) electrons. The van der Waals surface area contributed by atoms with Gasteiger partial charge in [0.2, 0.25) is 5.91 Å². The highest BCUT2D eigenvalue weighted by Crippen LogP contribution is 2.48. The number of amides is 1. The fraction of sp³-hybridized carbons (Fsp3) is 0.524. The lowest BCUT2D eigenvalue weighted by Gasteiger charge is -2.35. The van der Waals surface area contributed by atoms with E-state index >= 15 is 0 Å². The van der Waals surface area contributed by atoms with Crippen LogP contribution in [0.4, 0.5) is 0 Å². The number of hydrogen-bond donors (Lipinski definition) is 0. The zero-order chi connectivity index (χ0) is 17.8. The molecule has 4 rings (SSSR count). The van der Waals surface area contributed by atoms with Gasteiger partial charge in [0, 0.05) is 25.5 Å². The van der Waals surface area contributed by atoms with Crippen molar-refractivity contribution >= 4 is 5.91 Å². The molecular formula is C21H27N3O2. The van der Waals surface area contributed by atoms with E-state index in [4.69, 9.17) is 4.74 Å². The van der Waals surface area contributed by atoms with Crippen molar-refractivity contribution in [2.45, 2.75) is 44.8 Å². The van der Waals surface area contributed by atoms with E-state index < -0.39 is 0 Å². The number of morpholine rings is 1. The van der Waals surface area contributed by atoms with E-state index in [1.807, 2.05) is 27.9 Å². The molecule has 138 valence electrons. The maximum Gasteiger partial charge on any atom is 0.230 e. The number of benzene rings is 1. The van der Waals surface area contributed by atoms with Gasteiger partial charge < -0.3 is 9.64 Å². The molecule has 0 bridgehead atoms. The van der Waals surface area contributed by atoms with E-state index in [1.54, 1.807) is 6.20 Å². The number of rotatable bonds is 7. The van der Waals surface area contributed by atoms with E-state index in [2.05, 4.69) is 29.4 Å². The van der Waals surface area contributed by atoms with Gasteiger partial charge in [0.15, 0.2) is 0 Å². The first kappa shape index (κ1) is 17.3. The van der Waals surface area contributed by atoms with Gasteiger partial charge in [0.05, 0.1) is 24.7 Å². The lowest BCUT2D eigenvalue weighted by atomic mass is 10.0. The predicted molar refractivity (Wildman–Crippen MR) is 99.6 cm³/mol. The molecule has 2 aliphatic rings. The molecule has 2 heterocycles. The van der Waals surface area contributed by atoms with Crippen LogP contribution in [0.25, 0.3) is 0 Å². The molecule has 1 aliphatic heterocycles. The Kier molecular flexibility index (Phi) is 5.07. The largest absolute Gasteiger partial charge is 0.375 e. The molecule has 1 amide bonds. The zero-order valence-electron chi connectivity index (χ0n) is 15.2. The van der Waals surface area contributed by atoms with E-state index in [1.165, 1.54) is 5.56 Å². The first-order valence-corrected chi connectivity index (χ1v) is 9.68. The first-order valence-electron chi connectivity index (χ1n) is 9.68. The molecule has 1 saturated carbocycles. The van der Waals surface area contributed by atoms with Gasteiger partial charge in [-0.2, -0.15) is 5.10 Å². The molecule has 1 saturated heterocycles. The maximum absolute atomic E-state index is 13.1. The highest BCUT2D eigenvalue weighted by atomic mass is 16.5. The van der Waals surface area contributed by atoms with Crippen LogP contribution >= 0.6 is 0 Å². The van der Waals surface area contributed by atoms with Crippen LogP contribution in [-0.2, 0) is 22.5 Å². The molecule has 26 heavy (non-hydrogen) atoms. The summed E-state index contributed by atoms with van der Waals surface area (Å²) in [5.41, 5.74) is 1.14. The van der Waals surface area contributed by atoms with Gasteiger partial charge >= 0.3 is 0 Å². The van der Waals surface area contributed by atoms with Gasteiger partial charge in [-0.05, 0) is 43.7 Å². The van der Waals surface area contributed by atoms with Crippen LogP contribution < -0.4 is 0 Å². The van der Waals surface area contributed by atoms with Crippen molar-refractivity contribution in [1.82, 2.24) is 14.7 Å². The number of ether oxygens (including phenoxy) is 1. The van der Waals surface area contributed by atoms with Crippen LogP contribution in [0.3, 0.4) is 0 Å².